The first-order valence-electron chi connectivity index (χ1n) is 6.65. The van der Waals surface area contributed by atoms with Gasteiger partial charge in [0.2, 0.25) is 0 Å². The molecule has 0 atom stereocenters. The molecule has 0 aromatic heterocycles. The van der Waals surface area contributed by atoms with Crippen molar-refractivity contribution in [2.45, 2.75) is 53.1 Å². The Labute approximate surface area is 110 Å². The molecule has 0 aliphatic carbocycles. The fraction of sp³-hybridized carbons (Fsp3) is 0.846. The van der Waals surface area contributed by atoms with E-state index in [1.165, 1.54) is 0 Å². The molecule has 18 heavy (non-hydrogen) atoms. The number of carbonyl (C=O) groups is 1. The summed E-state index contributed by atoms with van der Waals surface area (Å²) >= 11 is 0. The second-order valence-corrected chi connectivity index (χ2v) is 5.02. The van der Waals surface area contributed by atoms with Crippen LogP contribution in [0.3, 0.4) is 0 Å². The molecule has 0 saturated heterocycles. The second kappa shape index (κ2) is 9.74. The van der Waals surface area contributed by atoms with Crippen LogP contribution in [0.15, 0.2) is 4.99 Å². The SMILES string of the molecule is CC(C)CCNC(N)=NCCCC(=O)OC(C)C. The van der Waals surface area contributed by atoms with Crippen molar-refractivity contribution in [3.63, 3.8) is 0 Å². The van der Waals surface area contributed by atoms with Gasteiger partial charge in [0.05, 0.1) is 6.10 Å². The Kier molecular flexibility index (Phi) is 9.06. The molecule has 0 rings (SSSR count). The van der Waals surface area contributed by atoms with Crippen molar-refractivity contribution >= 4 is 11.9 Å². The number of hydrogen-bond donors (Lipinski definition) is 2. The van der Waals surface area contributed by atoms with Gasteiger partial charge in [-0.1, -0.05) is 13.8 Å². The highest BCUT2D eigenvalue weighted by atomic mass is 16.5. The third kappa shape index (κ3) is 11.2. The Morgan fingerprint density at radius 3 is 2.56 bits per heavy atom. The van der Waals surface area contributed by atoms with Gasteiger partial charge in [-0.05, 0) is 32.6 Å². The number of nitrogens with two attached hydrogens (primary N) is 1. The molecular weight excluding hydrogens is 230 g/mol. The molecule has 0 amide bonds. The molecule has 5 heteroatoms. The van der Waals surface area contributed by atoms with Crippen LogP contribution in [0.2, 0.25) is 0 Å². The highest BCUT2D eigenvalue weighted by Crippen LogP contribution is 1.98. The van der Waals surface area contributed by atoms with E-state index < -0.39 is 0 Å². The number of ether oxygens (including phenoxy) is 1. The van der Waals surface area contributed by atoms with E-state index in [1.54, 1.807) is 0 Å². The molecule has 0 fully saturated rings. The molecule has 0 heterocycles. The van der Waals surface area contributed by atoms with Crippen LogP contribution >= 0.6 is 0 Å². The molecule has 0 aliphatic heterocycles. The van der Waals surface area contributed by atoms with Gasteiger partial charge >= 0.3 is 5.97 Å². The van der Waals surface area contributed by atoms with Gasteiger partial charge in [-0.3, -0.25) is 9.79 Å². The topological polar surface area (TPSA) is 76.7 Å². The summed E-state index contributed by atoms with van der Waals surface area (Å²) in [6.45, 7) is 9.39. The van der Waals surface area contributed by atoms with Gasteiger partial charge in [0.1, 0.15) is 0 Å². The lowest BCUT2D eigenvalue weighted by Gasteiger charge is -2.08. The van der Waals surface area contributed by atoms with Crippen LogP contribution in [0.4, 0.5) is 0 Å². The third-order valence-electron chi connectivity index (χ3n) is 2.22. The number of carbonyl (C=O) groups excluding carboxylic acids is 1. The maximum Gasteiger partial charge on any atom is 0.306 e. The van der Waals surface area contributed by atoms with Gasteiger partial charge in [0.15, 0.2) is 5.96 Å². The fourth-order valence-electron chi connectivity index (χ4n) is 1.29. The Bertz CT molecular complexity index is 263. The molecule has 0 aromatic rings. The molecule has 5 nitrogen and oxygen atoms in total. The van der Waals surface area contributed by atoms with E-state index in [9.17, 15) is 4.79 Å². The highest BCUT2D eigenvalue weighted by Gasteiger charge is 2.04. The van der Waals surface area contributed by atoms with E-state index in [1.807, 2.05) is 13.8 Å². The number of nitrogens with one attached hydrogen (secondary N) is 1. The van der Waals surface area contributed by atoms with Crippen molar-refractivity contribution in [1.29, 1.82) is 0 Å². The summed E-state index contributed by atoms with van der Waals surface area (Å²) in [6, 6.07) is 0. The van der Waals surface area contributed by atoms with Crippen molar-refractivity contribution < 1.29 is 9.53 Å². The van der Waals surface area contributed by atoms with Gasteiger partial charge in [-0.15, -0.1) is 0 Å². The van der Waals surface area contributed by atoms with Crippen LogP contribution in [0.25, 0.3) is 0 Å². The number of guanidine groups is 1. The van der Waals surface area contributed by atoms with Gasteiger partial charge in [0.25, 0.3) is 0 Å². The minimum atomic E-state index is -0.175. The quantitative estimate of drug-likeness (QED) is 0.300. The van der Waals surface area contributed by atoms with E-state index in [-0.39, 0.29) is 12.1 Å². The standard InChI is InChI=1S/C13H27N3O2/c1-10(2)7-9-16-13(14)15-8-5-6-12(17)18-11(3)4/h10-11H,5-9H2,1-4H3,(H3,14,15,16). The number of hydrogen-bond acceptors (Lipinski definition) is 3. The molecule has 0 unspecified atom stereocenters. The number of rotatable bonds is 8. The Hall–Kier alpha value is -1.26. The monoisotopic (exact) mass is 257 g/mol. The normalized spacial score (nSPS) is 12.0. The van der Waals surface area contributed by atoms with Crippen LogP contribution < -0.4 is 11.1 Å². The first-order chi connectivity index (χ1) is 8.41. The summed E-state index contributed by atoms with van der Waals surface area (Å²) in [5.74, 6) is 0.926. The molecule has 0 radical (unpaired) electrons. The maximum absolute atomic E-state index is 11.2. The average Bonchev–Trinajstić information content (AvgIpc) is 2.23. The molecule has 0 saturated carbocycles. The van der Waals surface area contributed by atoms with Crippen LogP contribution in [0, 0.1) is 5.92 Å². The van der Waals surface area contributed by atoms with Crippen molar-refractivity contribution in [2.75, 3.05) is 13.1 Å². The van der Waals surface area contributed by atoms with Crippen molar-refractivity contribution in [3.05, 3.63) is 0 Å². The van der Waals surface area contributed by atoms with Crippen LogP contribution in [0.1, 0.15) is 47.0 Å². The summed E-state index contributed by atoms with van der Waals surface area (Å²) in [7, 11) is 0. The van der Waals surface area contributed by atoms with E-state index in [4.69, 9.17) is 10.5 Å². The molecule has 0 bridgehead atoms. The predicted octanol–water partition coefficient (Wildman–Crippen LogP) is 1.67. The number of esters is 1. The van der Waals surface area contributed by atoms with E-state index in [0.717, 1.165) is 13.0 Å². The lowest BCUT2D eigenvalue weighted by molar-refractivity contribution is -0.147. The first kappa shape index (κ1) is 16.7. The zero-order valence-electron chi connectivity index (χ0n) is 12.0. The van der Waals surface area contributed by atoms with Gasteiger partial charge in [0, 0.05) is 19.5 Å². The van der Waals surface area contributed by atoms with Crippen molar-refractivity contribution in [1.82, 2.24) is 5.32 Å². The fourth-order valence-corrected chi connectivity index (χ4v) is 1.29. The summed E-state index contributed by atoms with van der Waals surface area (Å²) < 4.78 is 5.01. The summed E-state index contributed by atoms with van der Waals surface area (Å²) in [5, 5.41) is 3.05. The summed E-state index contributed by atoms with van der Waals surface area (Å²) in [5.41, 5.74) is 5.68. The van der Waals surface area contributed by atoms with Crippen molar-refractivity contribution in [3.8, 4) is 0 Å². The number of aliphatic imine (C=N–C) groups is 1. The lowest BCUT2D eigenvalue weighted by atomic mass is 10.1. The van der Waals surface area contributed by atoms with Crippen molar-refractivity contribution in [2.24, 2.45) is 16.6 Å². The number of nitrogens with zero attached hydrogens (tertiary/aromatic N) is 1. The predicted molar refractivity (Wildman–Crippen MR) is 74.4 cm³/mol. The molecule has 0 aliphatic rings. The second-order valence-electron chi connectivity index (χ2n) is 5.02. The van der Waals surface area contributed by atoms with Crippen LogP contribution in [0.5, 0.6) is 0 Å². The Morgan fingerprint density at radius 1 is 1.33 bits per heavy atom. The Balaban J connectivity index is 3.59. The summed E-state index contributed by atoms with van der Waals surface area (Å²) in [4.78, 5) is 15.4. The smallest absolute Gasteiger partial charge is 0.306 e. The van der Waals surface area contributed by atoms with E-state index >= 15 is 0 Å². The molecule has 0 aromatic carbocycles. The van der Waals surface area contributed by atoms with Gasteiger partial charge in [-0.2, -0.15) is 0 Å². The zero-order valence-corrected chi connectivity index (χ0v) is 12.0. The zero-order chi connectivity index (χ0) is 14.0. The van der Waals surface area contributed by atoms with E-state index in [0.29, 0.717) is 31.3 Å². The van der Waals surface area contributed by atoms with Crippen LogP contribution in [-0.2, 0) is 9.53 Å². The Morgan fingerprint density at radius 2 is 2.00 bits per heavy atom. The minimum absolute atomic E-state index is 0.0521. The van der Waals surface area contributed by atoms with E-state index in [2.05, 4.69) is 24.2 Å². The molecule has 0 spiro atoms. The first-order valence-corrected chi connectivity index (χ1v) is 6.65. The third-order valence-corrected chi connectivity index (χ3v) is 2.22. The van der Waals surface area contributed by atoms with Gasteiger partial charge < -0.3 is 15.8 Å². The minimum Gasteiger partial charge on any atom is -0.463 e. The maximum atomic E-state index is 11.2. The summed E-state index contributed by atoms with van der Waals surface area (Å²) in [6.07, 6.45) is 2.07. The molecule has 106 valence electrons. The molecular formula is C13H27N3O2. The average molecular weight is 257 g/mol. The largest absolute Gasteiger partial charge is 0.463 e. The van der Waals surface area contributed by atoms with Gasteiger partial charge in [-0.25, -0.2) is 0 Å². The highest BCUT2D eigenvalue weighted by molar-refractivity contribution is 5.77. The molecule has 3 N–H and O–H groups in total. The van der Waals surface area contributed by atoms with Crippen LogP contribution in [-0.4, -0.2) is 31.1 Å². The lowest BCUT2D eigenvalue weighted by Crippen LogP contribution is -2.33.